The van der Waals surface area contributed by atoms with Gasteiger partial charge >= 0.3 is 6.18 Å². The van der Waals surface area contributed by atoms with Gasteiger partial charge in [-0.2, -0.15) is 13.2 Å². The van der Waals surface area contributed by atoms with Crippen molar-refractivity contribution < 1.29 is 22.9 Å². The van der Waals surface area contributed by atoms with E-state index in [1.807, 2.05) is 0 Å². The Morgan fingerprint density at radius 2 is 2.10 bits per heavy atom. The van der Waals surface area contributed by atoms with E-state index in [1.165, 1.54) is 4.90 Å². The first-order chi connectivity index (χ1) is 9.71. The molecule has 1 heterocycles. The molecular formula is C12H12F3N3O3. The third-order valence-corrected chi connectivity index (χ3v) is 3.39. The predicted molar refractivity (Wildman–Crippen MR) is 67.7 cm³/mol. The summed E-state index contributed by atoms with van der Waals surface area (Å²) >= 11 is 0. The van der Waals surface area contributed by atoms with Gasteiger partial charge in [0.05, 0.1) is 10.5 Å². The van der Waals surface area contributed by atoms with E-state index >= 15 is 0 Å². The number of nitrogens with two attached hydrogens (primary N) is 1. The zero-order valence-corrected chi connectivity index (χ0v) is 10.8. The molecular weight excluding hydrogens is 291 g/mol. The number of rotatable bonds is 3. The van der Waals surface area contributed by atoms with E-state index in [4.69, 9.17) is 5.73 Å². The molecule has 0 spiro atoms. The summed E-state index contributed by atoms with van der Waals surface area (Å²) in [5, 5.41) is 11.0. The van der Waals surface area contributed by atoms with E-state index in [1.54, 1.807) is 0 Å². The molecule has 1 amide bonds. The van der Waals surface area contributed by atoms with Crippen molar-refractivity contribution in [3.8, 4) is 0 Å². The third-order valence-electron chi connectivity index (χ3n) is 3.39. The van der Waals surface area contributed by atoms with E-state index in [2.05, 4.69) is 0 Å². The van der Waals surface area contributed by atoms with Gasteiger partial charge in [0.1, 0.15) is 11.7 Å². The summed E-state index contributed by atoms with van der Waals surface area (Å²) in [5.74, 6) is -0.651. The van der Waals surface area contributed by atoms with Crippen LogP contribution in [0, 0.1) is 10.1 Å². The molecule has 114 valence electrons. The van der Waals surface area contributed by atoms with Gasteiger partial charge in [0.2, 0.25) is 5.91 Å². The van der Waals surface area contributed by atoms with Crippen LogP contribution in [-0.2, 0) is 11.0 Å². The second-order valence-electron chi connectivity index (χ2n) is 4.71. The number of benzene rings is 1. The number of amides is 1. The SMILES string of the molecule is NC(=O)[C@H]1CCCN1c1ccc(C(F)(F)F)cc1[N+](=O)[O-]. The lowest BCUT2D eigenvalue weighted by Gasteiger charge is -2.24. The number of carbonyl (C=O) groups is 1. The summed E-state index contributed by atoms with van der Waals surface area (Å²) in [6.07, 6.45) is -3.66. The van der Waals surface area contributed by atoms with Crippen molar-refractivity contribution in [2.45, 2.75) is 25.1 Å². The fourth-order valence-electron chi connectivity index (χ4n) is 2.44. The summed E-state index contributed by atoms with van der Waals surface area (Å²) in [6.45, 7) is 0.333. The van der Waals surface area contributed by atoms with Crippen molar-refractivity contribution in [3.05, 3.63) is 33.9 Å². The summed E-state index contributed by atoms with van der Waals surface area (Å²) < 4.78 is 37.9. The van der Waals surface area contributed by atoms with Crippen LogP contribution in [0.5, 0.6) is 0 Å². The van der Waals surface area contributed by atoms with E-state index in [0.29, 0.717) is 25.5 Å². The Labute approximate surface area is 117 Å². The molecule has 0 saturated carbocycles. The molecule has 1 fully saturated rings. The van der Waals surface area contributed by atoms with Gasteiger partial charge in [-0.05, 0) is 25.0 Å². The third kappa shape index (κ3) is 2.91. The highest BCUT2D eigenvalue weighted by Crippen LogP contribution is 2.38. The normalized spacial score (nSPS) is 18.8. The topological polar surface area (TPSA) is 89.5 Å². The second kappa shape index (κ2) is 5.23. The zero-order valence-electron chi connectivity index (χ0n) is 10.8. The van der Waals surface area contributed by atoms with Crippen molar-refractivity contribution in [1.82, 2.24) is 0 Å². The summed E-state index contributed by atoms with van der Waals surface area (Å²) in [7, 11) is 0. The van der Waals surface area contributed by atoms with Crippen molar-refractivity contribution in [2.24, 2.45) is 5.73 Å². The van der Waals surface area contributed by atoms with Gasteiger partial charge in [-0.1, -0.05) is 0 Å². The second-order valence-corrected chi connectivity index (χ2v) is 4.71. The van der Waals surface area contributed by atoms with Crippen LogP contribution in [0.25, 0.3) is 0 Å². The lowest BCUT2D eigenvalue weighted by molar-refractivity contribution is -0.384. The molecule has 1 atom stereocenters. The number of anilines is 1. The summed E-state index contributed by atoms with van der Waals surface area (Å²) in [5.41, 5.74) is 3.41. The maximum absolute atomic E-state index is 12.6. The number of halogens is 3. The largest absolute Gasteiger partial charge is 0.416 e. The maximum Gasteiger partial charge on any atom is 0.416 e. The van der Waals surface area contributed by atoms with Crippen LogP contribution >= 0.6 is 0 Å². The molecule has 0 aliphatic carbocycles. The first-order valence-corrected chi connectivity index (χ1v) is 6.13. The number of nitro groups is 1. The number of nitro benzene ring substituents is 1. The Kier molecular flexibility index (Phi) is 3.75. The van der Waals surface area contributed by atoms with Crippen molar-refractivity contribution >= 4 is 17.3 Å². The lowest BCUT2D eigenvalue weighted by atomic mass is 10.1. The van der Waals surface area contributed by atoms with Gasteiger partial charge in [0.15, 0.2) is 0 Å². The van der Waals surface area contributed by atoms with Gasteiger partial charge in [-0.15, -0.1) is 0 Å². The number of primary amides is 1. The lowest BCUT2D eigenvalue weighted by Crippen LogP contribution is -2.40. The molecule has 0 radical (unpaired) electrons. The van der Waals surface area contributed by atoms with Crippen LogP contribution in [0.4, 0.5) is 24.5 Å². The molecule has 1 saturated heterocycles. The van der Waals surface area contributed by atoms with Gasteiger partial charge < -0.3 is 10.6 Å². The fourth-order valence-corrected chi connectivity index (χ4v) is 2.44. The van der Waals surface area contributed by atoms with Gasteiger partial charge in [0.25, 0.3) is 5.69 Å². The molecule has 9 heteroatoms. The smallest absolute Gasteiger partial charge is 0.368 e. The van der Waals surface area contributed by atoms with E-state index in [0.717, 1.165) is 12.1 Å². The van der Waals surface area contributed by atoms with Gasteiger partial charge in [-0.25, -0.2) is 0 Å². The summed E-state index contributed by atoms with van der Waals surface area (Å²) in [4.78, 5) is 22.9. The molecule has 21 heavy (non-hydrogen) atoms. The minimum Gasteiger partial charge on any atom is -0.368 e. The van der Waals surface area contributed by atoms with Crippen LogP contribution in [0.2, 0.25) is 0 Å². The van der Waals surface area contributed by atoms with Crippen molar-refractivity contribution in [2.75, 3.05) is 11.4 Å². The average molecular weight is 303 g/mol. The Hall–Kier alpha value is -2.32. The molecule has 1 aromatic rings. The van der Waals surface area contributed by atoms with Crippen LogP contribution in [0.15, 0.2) is 18.2 Å². The maximum atomic E-state index is 12.6. The molecule has 2 N–H and O–H groups in total. The highest BCUT2D eigenvalue weighted by atomic mass is 19.4. The standard InChI is InChI=1S/C12H12F3N3O3/c13-12(14,15)7-3-4-8(10(6-7)18(20)21)17-5-1-2-9(17)11(16)19/h3-4,6,9H,1-2,5H2,(H2,16,19)/t9-/m1/s1. The Bertz CT molecular complexity index is 589. The van der Waals surface area contributed by atoms with Gasteiger partial charge in [0, 0.05) is 12.6 Å². The van der Waals surface area contributed by atoms with E-state index in [-0.39, 0.29) is 5.69 Å². The molecule has 2 rings (SSSR count). The predicted octanol–water partition coefficient (Wildman–Crippen LogP) is 2.07. The minimum atomic E-state index is -4.67. The monoisotopic (exact) mass is 303 g/mol. The van der Waals surface area contributed by atoms with Crippen LogP contribution in [0.1, 0.15) is 18.4 Å². The van der Waals surface area contributed by atoms with Gasteiger partial charge in [-0.3, -0.25) is 14.9 Å². The van der Waals surface area contributed by atoms with E-state index < -0.39 is 34.3 Å². The van der Waals surface area contributed by atoms with Crippen molar-refractivity contribution in [3.63, 3.8) is 0 Å². The first-order valence-electron chi connectivity index (χ1n) is 6.13. The quantitative estimate of drug-likeness (QED) is 0.683. The summed E-state index contributed by atoms with van der Waals surface area (Å²) in [6, 6.07) is 1.52. The van der Waals surface area contributed by atoms with E-state index in [9.17, 15) is 28.1 Å². The molecule has 1 aliphatic heterocycles. The van der Waals surface area contributed by atoms with Crippen LogP contribution in [-0.4, -0.2) is 23.4 Å². The highest BCUT2D eigenvalue weighted by molar-refractivity contribution is 5.85. The van der Waals surface area contributed by atoms with Crippen molar-refractivity contribution in [1.29, 1.82) is 0 Å². The van der Waals surface area contributed by atoms with Crippen LogP contribution < -0.4 is 10.6 Å². The molecule has 1 aliphatic rings. The Morgan fingerprint density at radius 3 is 2.62 bits per heavy atom. The highest BCUT2D eigenvalue weighted by Gasteiger charge is 2.37. The Balaban J connectivity index is 2.49. The number of nitrogens with zero attached hydrogens (tertiary/aromatic N) is 2. The fraction of sp³-hybridized carbons (Fsp3) is 0.417. The molecule has 1 aromatic carbocycles. The number of hydrogen-bond donors (Lipinski definition) is 1. The number of carbonyl (C=O) groups excluding carboxylic acids is 1. The number of alkyl halides is 3. The molecule has 0 aromatic heterocycles. The molecule has 0 unspecified atom stereocenters. The Morgan fingerprint density at radius 1 is 1.43 bits per heavy atom. The van der Waals surface area contributed by atoms with Crippen LogP contribution in [0.3, 0.4) is 0 Å². The first kappa shape index (κ1) is 15.1. The number of hydrogen-bond acceptors (Lipinski definition) is 4. The zero-order chi connectivity index (χ0) is 15.8. The minimum absolute atomic E-state index is 0.0192. The molecule has 6 nitrogen and oxygen atoms in total. The molecule has 0 bridgehead atoms. The average Bonchev–Trinajstić information content (AvgIpc) is 2.85.